The van der Waals surface area contributed by atoms with Crippen LogP contribution in [0.25, 0.3) is 11.0 Å². The van der Waals surface area contributed by atoms with Crippen molar-refractivity contribution < 1.29 is 0 Å². The number of rotatable bonds is 5. The van der Waals surface area contributed by atoms with E-state index in [-0.39, 0.29) is 5.69 Å². The van der Waals surface area contributed by atoms with Crippen molar-refractivity contribution in [1.29, 1.82) is 0 Å². The zero-order valence-corrected chi connectivity index (χ0v) is 13.5. The van der Waals surface area contributed by atoms with Gasteiger partial charge in [0.2, 0.25) is 0 Å². The minimum Gasteiger partial charge on any atom is -0.363 e. The molecule has 0 unspecified atom stereocenters. The highest BCUT2D eigenvalue weighted by atomic mass is 32.1. The number of anilines is 1. The van der Waals surface area contributed by atoms with E-state index in [1.165, 1.54) is 0 Å². The summed E-state index contributed by atoms with van der Waals surface area (Å²) in [5, 5.41) is 6.86. The molecule has 0 saturated carbocycles. The fraction of sp³-hybridized carbons (Fsp3) is 0.357. The second-order valence-electron chi connectivity index (χ2n) is 4.29. The standard InChI is InChI=1S/C12H14N6OS.C2H6/c13-2-1-7-5-8-10(15-6-9-14-3-4-20-9)17-12(19)18-11(8)16-7;1-2/h3-5H,1-2,6,13H2,(H3,15,16,17,18,19);1-2H3. The molecule has 3 heterocycles. The molecule has 0 atom stereocenters. The number of nitrogens with one attached hydrogen (secondary N) is 3. The van der Waals surface area contributed by atoms with E-state index in [9.17, 15) is 4.79 Å². The maximum absolute atomic E-state index is 11.6. The average molecular weight is 320 g/mol. The van der Waals surface area contributed by atoms with Crippen molar-refractivity contribution in [1.82, 2.24) is 19.9 Å². The van der Waals surface area contributed by atoms with E-state index in [1.54, 1.807) is 17.5 Å². The van der Waals surface area contributed by atoms with Crippen molar-refractivity contribution in [2.24, 2.45) is 5.73 Å². The number of aromatic amines is 2. The lowest BCUT2D eigenvalue weighted by Crippen LogP contribution is -2.13. The predicted octanol–water partition coefficient (Wildman–Crippen LogP) is 1.85. The van der Waals surface area contributed by atoms with Gasteiger partial charge in [-0.05, 0) is 19.0 Å². The van der Waals surface area contributed by atoms with E-state index in [4.69, 9.17) is 5.73 Å². The normalized spacial score (nSPS) is 10.3. The Hall–Kier alpha value is -2.19. The maximum atomic E-state index is 11.6. The van der Waals surface area contributed by atoms with Gasteiger partial charge in [0.05, 0.1) is 11.9 Å². The van der Waals surface area contributed by atoms with E-state index in [1.807, 2.05) is 25.3 Å². The molecule has 22 heavy (non-hydrogen) atoms. The minimum absolute atomic E-state index is 0.389. The number of aromatic nitrogens is 4. The van der Waals surface area contributed by atoms with Crippen LogP contribution in [0.1, 0.15) is 24.5 Å². The molecule has 0 bridgehead atoms. The van der Waals surface area contributed by atoms with Gasteiger partial charge in [-0.3, -0.25) is 4.98 Å². The Morgan fingerprint density at radius 3 is 2.86 bits per heavy atom. The minimum atomic E-state index is -0.389. The van der Waals surface area contributed by atoms with Gasteiger partial charge in [0.15, 0.2) is 0 Å². The molecule has 0 saturated heterocycles. The molecule has 0 aromatic carbocycles. The second kappa shape index (κ2) is 7.71. The first-order valence-electron chi connectivity index (χ1n) is 7.20. The summed E-state index contributed by atoms with van der Waals surface area (Å²) in [5.74, 6) is 0.554. The van der Waals surface area contributed by atoms with Crippen LogP contribution >= 0.6 is 11.3 Å². The Balaban J connectivity index is 0.000000847. The first kappa shape index (κ1) is 16.2. The third kappa shape index (κ3) is 3.71. The summed E-state index contributed by atoms with van der Waals surface area (Å²) in [6.45, 7) is 5.09. The number of hydrogen-bond donors (Lipinski definition) is 4. The SMILES string of the molecule is CC.NCCc1cc2c(NCc3nccs3)nc(=O)[nH]c2[nH]1. The molecule has 8 heteroatoms. The van der Waals surface area contributed by atoms with Crippen molar-refractivity contribution in [3.05, 3.63) is 38.8 Å². The summed E-state index contributed by atoms with van der Waals surface area (Å²) >= 11 is 1.55. The van der Waals surface area contributed by atoms with Crippen molar-refractivity contribution in [3.8, 4) is 0 Å². The highest BCUT2D eigenvalue weighted by Crippen LogP contribution is 2.20. The molecule has 0 spiro atoms. The van der Waals surface area contributed by atoms with Crippen LogP contribution in [-0.2, 0) is 13.0 Å². The van der Waals surface area contributed by atoms with E-state index in [0.29, 0.717) is 24.6 Å². The van der Waals surface area contributed by atoms with E-state index < -0.39 is 0 Å². The maximum Gasteiger partial charge on any atom is 0.348 e. The van der Waals surface area contributed by atoms with Crippen molar-refractivity contribution >= 4 is 28.2 Å². The summed E-state index contributed by atoms with van der Waals surface area (Å²) in [7, 11) is 0. The summed E-state index contributed by atoms with van der Waals surface area (Å²) in [6, 6.07) is 1.95. The topological polar surface area (TPSA) is 112 Å². The summed E-state index contributed by atoms with van der Waals surface area (Å²) in [4.78, 5) is 25.6. The molecule has 0 radical (unpaired) electrons. The van der Waals surface area contributed by atoms with Crippen molar-refractivity contribution in [3.63, 3.8) is 0 Å². The summed E-state index contributed by atoms with van der Waals surface area (Å²) in [6.07, 6.45) is 2.47. The Morgan fingerprint density at radius 1 is 1.36 bits per heavy atom. The van der Waals surface area contributed by atoms with Gasteiger partial charge in [0.1, 0.15) is 16.5 Å². The number of nitrogens with two attached hydrogens (primary N) is 1. The third-order valence-electron chi connectivity index (χ3n) is 2.88. The zero-order valence-electron chi connectivity index (χ0n) is 12.6. The lowest BCUT2D eigenvalue weighted by molar-refractivity contribution is 0.936. The largest absolute Gasteiger partial charge is 0.363 e. The van der Waals surface area contributed by atoms with Crippen LogP contribution in [0.4, 0.5) is 5.82 Å². The van der Waals surface area contributed by atoms with Gasteiger partial charge in [-0.1, -0.05) is 13.8 Å². The quantitative estimate of drug-likeness (QED) is 0.573. The van der Waals surface area contributed by atoms with Gasteiger partial charge in [-0.2, -0.15) is 4.98 Å². The summed E-state index contributed by atoms with van der Waals surface area (Å²) < 4.78 is 0. The van der Waals surface area contributed by atoms with E-state index >= 15 is 0 Å². The van der Waals surface area contributed by atoms with Gasteiger partial charge in [-0.15, -0.1) is 11.3 Å². The number of thiazole rings is 1. The number of H-pyrrole nitrogens is 2. The lowest BCUT2D eigenvalue weighted by atomic mass is 10.3. The number of fused-ring (bicyclic) bond motifs is 1. The van der Waals surface area contributed by atoms with E-state index in [0.717, 1.165) is 22.5 Å². The van der Waals surface area contributed by atoms with E-state index in [2.05, 4.69) is 25.3 Å². The molecule has 3 rings (SSSR count). The fourth-order valence-corrected chi connectivity index (χ4v) is 2.57. The van der Waals surface area contributed by atoms with Crippen LogP contribution in [0, 0.1) is 0 Å². The smallest absolute Gasteiger partial charge is 0.348 e. The number of nitrogens with zero attached hydrogens (tertiary/aromatic N) is 2. The molecule has 0 fully saturated rings. The Labute approximate surface area is 132 Å². The van der Waals surface area contributed by atoms with Gasteiger partial charge in [-0.25, -0.2) is 9.78 Å². The molecule has 3 aromatic rings. The van der Waals surface area contributed by atoms with Gasteiger partial charge >= 0.3 is 5.69 Å². The second-order valence-corrected chi connectivity index (χ2v) is 5.27. The zero-order chi connectivity index (χ0) is 15.9. The average Bonchev–Trinajstić information content (AvgIpc) is 3.16. The molecule has 0 amide bonds. The van der Waals surface area contributed by atoms with Crippen molar-refractivity contribution in [2.75, 3.05) is 11.9 Å². The molecular weight excluding hydrogens is 300 g/mol. The third-order valence-corrected chi connectivity index (χ3v) is 3.66. The molecule has 0 aliphatic rings. The van der Waals surface area contributed by atoms with Crippen LogP contribution < -0.4 is 16.7 Å². The first-order chi connectivity index (χ1) is 10.8. The van der Waals surface area contributed by atoms with Crippen LogP contribution in [0.5, 0.6) is 0 Å². The van der Waals surface area contributed by atoms with Crippen LogP contribution in [-0.4, -0.2) is 26.5 Å². The Morgan fingerprint density at radius 2 is 2.18 bits per heavy atom. The van der Waals surface area contributed by atoms with Crippen LogP contribution in [0.3, 0.4) is 0 Å². The Kier molecular flexibility index (Phi) is 5.68. The predicted molar refractivity (Wildman–Crippen MR) is 90.3 cm³/mol. The Bertz CT molecular complexity index is 761. The molecule has 0 aliphatic carbocycles. The van der Waals surface area contributed by atoms with Gasteiger partial charge in [0.25, 0.3) is 0 Å². The first-order valence-corrected chi connectivity index (χ1v) is 8.08. The van der Waals surface area contributed by atoms with Gasteiger partial charge < -0.3 is 16.0 Å². The molecule has 118 valence electrons. The molecule has 3 aromatic heterocycles. The molecule has 7 nitrogen and oxygen atoms in total. The number of hydrogen-bond acceptors (Lipinski definition) is 6. The molecule has 0 aliphatic heterocycles. The van der Waals surface area contributed by atoms with Crippen LogP contribution in [0.2, 0.25) is 0 Å². The van der Waals surface area contributed by atoms with Crippen LogP contribution in [0.15, 0.2) is 22.4 Å². The monoisotopic (exact) mass is 320 g/mol. The lowest BCUT2D eigenvalue weighted by Gasteiger charge is -2.03. The summed E-state index contributed by atoms with van der Waals surface area (Å²) in [5.41, 5.74) is 6.79. The fourth-order valence-electron chi connectivity index (χ4n) is 2.02. The van der Waals surface area contributed by atoms with Gasteiger partial charge in [0, 0.05) is 17.3 Å². The molecule has 5 N–H and O–H groups in total. The highest BCUT2D eigenvalue weighted by molar-refractivity contribution is 7.09. The highest BCUT2D eigenvalue weighted by Gasteiger charge is 2.09. The van der Waals surface area contributed by atoms with Crippen molar-refractivity contribution in [2.45, 2.75) is 26.8 Å². The molecular formula is C14H20N6OS.